The van der Waals surface area contributed by atoms with Crippen LogP contribution in [0.2, 0.25) is 0 Å². The van der Waals surface area contributed by atoms with Crippen molar-refractivity contribution in [2.75, 3.05) is 31.6 Å². The number of nitrogens with one attached hydrogen (secondary N) is 1. The van der Waals surface area contributed by atoms with E-state index in [-0.39, 0.29) is 18.6 Å². The van der Waals surface area contributed by atoms with Gasteiger partial charge in [-0.15, -0.1) is 0 Å². The maximum Gasteiger partial charge on any atom is 0.254 e. The van der Waals surface area contributed by atoms with E-state index in [2.05, 4.69) is 46.6 Å². The number of likely N-dealkylation sites (tertiary alicyclic amines) is 2. The molecule has 5 nitrogen and oxygen atoms in total. The van der Waals surface area contributed by atoms with E-state index in [9.17, 15) is 9.90 Å². The van der Waals surface area contributed by atoms with Crippen LogP contribution in [0.1, 0.15) is 54.4 Å². The lowest BCUT2D eigenvalue weighted by atomic mass is 9.98. The van der Waals surface area contributed by atoms with Crippen molar-refractivity contribution in [3.63, 3.8) is 0 Å². The quantitative estimate of drug-likeness (QED) is 0.706. The number of anilines is 1. The van der Waals surface area contributed by atoms with Crippen LogP contribution >= 0.6 is 0 Å². The monoisotopic (exact) mass is 421 g/mol. The Hall–Kier alpha value is -2.37. The summed E-state index contributed by atoms with van der Waals surface area (Å²) >= 11 is 0. The van der Waals surface area contributed by atoms with Gasteiger partial charge in [0.2, 0.25) is 0 Å². The Morgan fingerprint density at radius 1 is 1.00 bits per heavy atom. The molecule has 0 radical (unpaired) electrons. The van der Waals surface area contributed by atoms with E-state index in [0.29, 0.717) is 12.5 Å². The lowest BCUT2D eigenvalue weighted by molar-refractivity contribution is 0.0574. The van der Waals surface area contributed by atoms with Gasteiger partial charge in [-0.25, -0.2) is 0 Å². The fourth-order valence-electron chi connectivity index (χ4n) is 5.02. The van der Waals surface area contributed by atoms with Crippen LogP contribution in [0.5, 0.6) is 0 Å². The van der Waals surface area contributed by atoms with Gasteiger partial charge in [-0.2, -0.15) is 0 Å². The summed E-state index contributed by atoms with van der Waals surface area (Å²) in [6, 6.07) is 19.2. The molecule has 0 unspecified atom stereocenters. The van der Waals surface area contributed by atoms with Crippen LogP contribution in [0, 0.1) is 0 Å². The van der Waals surface area contributed by atoms with Crippen molar-refractivity contribution in [3.8, 4) is 0 Å². The molecular formula is C26H35N3O2. The molecule has 2 saturated heterocycles. The molecule has 2 aliphatic rings. The molecule has 0 spiro atoms. The topological polar surface area (TPSA) is 55.8 Å². The van der Waals surface area contributed by atoms with E-state index < -0.39 is 0 Å². The van der Waals surface area contributed by atoms with Gasteiger partial charge in [-0.3, -0.25) is 9.69 Å². The molecule has 4 rings (SSSR count). The highest BCUT2D eigenvalue weighted by atomic mass is 16.3. The van der Waals surface area contributed by atoms with Crippen LogP contribution in [0.15, 0.2) is 54.6 Å². The third-order valence-corrected chi connectivity index (χ3v) is 6.59. The molecule has 2 aliphatic heterocycles. The SMILES string of the molecule is O=C(c1cccc(N[C@@H]2CCCN(Cc3ccccc3)C2)c1)N1CCCC[C@@H]1CCO. The second-order valence-corrected chi connectivity index (χ2v) is 8.95. The minimum atomic E-state index is 0.0937. The third-order valence-electron chi connectivity index (χ3n) is 6.59. The standard InChI is InChI=1S/C26H35N3O2/c30-17-14-25-13-4-5-16-29(25)26(31)22-10-6-11-23(18-22)27-24-12-7-15-28(20-24)19-21-8-2-1-3-9-21/h1-3,6,8-11,18,24-25,27,30H,4-5,7,12-17,19-20H2/t24-,25-/m1/s1. The summed E-state index contributed by atoms with van der Waals surface area (Å²) in [5.41, 5.74) is 3.12. The van der Waals surface area contributed by atoms with E-state index in [4.69, 9.17) is 0 Å². The summed E-state index contributed by atoms with van der Waals surface area (Å²) in [5.74, 6) is 0.0937. The van der Waals surface area contributed by atoms with Crippen molar-refractivity contribution in [2.45, 2.75) is 57.2 Å². The zero-order valence-corrected chi connectivity index (χ0v) is 18.4. The number of hydrogen-bond donors (Lipinski definition) is 2. The van der Waals surface area contributed by atoms with E-state index in [1.807, 2.05) is 23.1 Å². The Kier molecular flexibility index (Phi) is 7.60. The minimum absolute atomic E-state index is 0.0937. The molecule has 2 aromatic rings. The molecule has 0 saturated carbocycles. The first-order valence-electron chi connectivity index (χ1n) is 11.8. The minimum Gasteiger partial charge on any atom is -0.396 e. The molecule has 5 heteroatoms. The molecule has 0 bridgehead atoms. The molecule has 2 heterocycles. The van der Waals surface area contributed by atoms with Crippen molar-refractivity contribution in [1.82, 2.24) is 9.80 Å². The number of hydrogen-bond acceptors (Lipinski definition) is 4. The Labute approximate surface area is 186 Å². The van der Waals surface area contributed by atoms with Gasteiger partial charge in [0.05, 0.1) is 0 Å². The van der Waals surface area contributed by atoms with Crippen LogP contribution in [-0.4, -0.2) is 59.1 Å². The van der Waals surface area contributed by atoms with Crippen molar-refractivity contribution < 1.29 is 9.90 Å². The highest BCUT2D eigenvalue weighted by Crippen LogP contribution is 2.24. The predicted molar refractivity (Wildman–Crippen MR) is 125 cm³/mol. The largest absolute Gasteiger partial charge is 0.396 e. The summed E-state index contributed by atoms with van der Waals surface area (Å²) in [6.45, 7) is 4.05. The molecule has 2 aromatic carbocycles. The number of aliphatic hydroxyl groups is 1. The summed E-state index contributed by atoms with van der Waals surface area (Å²) in [4.78, 5) is 17.7. The molecule has 0 aliphatic carbocycles. The highest BCUT2D eigenvalue weighted by molar-refractivity contribution is 5.95. The summed E-state index contributed by atoms with van der Waals surface area (Å²) in [5, 5.41) is 13.1. The molecular weight excluding hydrogens is 386 g/mol. The average Bonchev–Trinajstić information content (AvgIpc) is 2.80. The lowest BCUT2D eigenvalue weighted by Crippen LogP contribution is -2.44. The average molecular weight is 422 g/mol. The number of amides is 1. The first kappa shape index (κ1) is 21.8. The van der Waals surface area contributed by atoms with Crippen molar-refractivity contribution in [3.05, 3.63) is 65.7 Å². The van der Waals surface area contributed by atoms with E-state index in [1.54, 1.807) is 0 Å². The zero-order valence-electron chi connectivity index (χ0n) is 18.4. The van der Waals surface area contributed by atoms with Crippen molar-refractivity contribution in [2.24, 2.45) is 0 Å². The molecule has 2 atom stereocenters. The first-order chi connectivity index (χ1) is 15.2. The van der Waals surface area contributed by atoms with Gasteiger partial charge >= 0.3 is 0 Å². The van der Waals surface area contributed by atoms with Crippen LogP contribution in [0.3, 0.4) is 0 Å². The maximum atomic E-state index is 13.2. The van der Waals surface area contributed by atoms with E-state index in [1.165, 1.54) is 12.0 Å². The molecule has 166 valence electrons. The lowest BCUT2D eigenvalue weighted by Gasteiger charge is -2.36. The predicted octanol–water partition coefficient (Wildman–Crippen LogP) is 4.14. The number of benzene rings is 2. The third kappa shape index (κ3) is 5.86. The summed E-state index contributed by atoms with van der Waals surface area (Å²) < 4.78 is 0. The number of carbonyl (C=O) groups is 1. The maximum absolute atomic E-state index is 13.2. The Bertz CT molecular complexity index is 840. The molecule has 2 fully saturated rings. The number of carbonyl (C=O) groups excluding carboxylic acids is 1. The van der Waals surface area contributed by atoms with Gasteiger partial charge in [0.15, 0.2) is 0 Å². The smallest absolute Gasteiger partial charge is 0.254 e. The Morgan fingerprint density at radius 3 is 2.71 bits per heavy atom. The fourth-order valence-corrected chi connectivity index (χ4v) is 5.02. The number of nitrogens with zero attached hydrogens (tertiary/aromatic N) is 2. The van der Waals surface area contributed by atoms with Gasteiger partial charge in [-0.05, 0) is 68.8 Å². The van der Waals surface area contributed by atoms with Gasteiger partial charge < -0.3 is 15.3 Å². The first-order valence-corrected chi connectivity index (χ1v) is 11.8. The van der Waals surface area contributed by atoms with E-state index >= 15 is 0 Å². The normalized spacial score (nSPS) is 22.3. The molecule has 31 heavy (non-hydrogen) atoms. The summed E-state index contributed by atoms with van der Waals surface area (Å²) in [7, 11) is 0. The van der Waals surface area contributed by atoms with Crippen molar-refractivity contribution in [1.29, 1.82) is 0 Å². The Balaban J connectivity index is 1.38. The summed E-state index contributed by atoms with van der Waals surface area (Å²) in [6.07, 6.45) is 6.17. The molecule has 1 amide bonds. The van der Waals surface area contributed by atoms with Gasteiger partial charge in [0, 0.05) is 49.6 Å². The van der Waals surface area contributed by atoms with Gasteiger partial charge in [0.25, 0.3) is 5.91 Å². The zero-order chi connectivity index (χ0) is 21.5. The Morgan fingerprint density at radius 2 is 1.87 bits per heavy atom. The van der Waals surface area contributed by atoms with Crippen LogP contribution in [0.25, 0.3) is 0 Å². The second-order valence-electron chi connectivity index (χ2n) is 8.95. The number of rotatable bonds is 7. The van der Waals surface area contributed by atoms with Gasteiger partial charge in [0.1, 0.15) is 0 Å². The van der Waals surface area contributed by atoms with Crippen LogP contribution in [-0.2, 0) is 6.54 Å². The highest BCUT2D eigenvalue weighted by Gasteiger charge is 2.27. The number of piperidine rings is 2. The van der Waals surface area contributed by atoms with E-state index in [0.717, 1.165) is 63.1 Å². The van der Waals surface area contributed by atoms with Crippen LogP contribution in [0.4, 0.5) is 5.69 Å². The molecule has 0 aromatic heterocycles. The van der Waals surface area contributed by atoms with Gasteiger partial charge in [-0.1, -0.05) is 36.4 Å². The fraction of sp³-hybridized carbons (Fsp3) is 0.500. The second kappa shape index (κ2) is 10.8. The molecule has 2 N–H and O–H groups in total. The number of aliphatic hydroxyl groups excluding tert-OH is 1. The van der Waals surface area contributed by atoms with Crippen LogP contribution < -0.4 is 5.32 Å². The van der Waals surface area contributed by atoms with Crippen molar-refractivity contribution >= 4 is 11.6 Å².